The standard InChI is InChI=1S/C6H9ClN2OS/c1-2-10-4-3-5-8-9-6(7)11-5/h2-4H2,1H3. The van der Waals surface area contributed by atoms with Crippen LogP contribution < -0.4 is 0 Å². The zero-order valence-electron chi connectivity index (χ0n) is 6.21. The number of nitrogens with zero attached hydrogens (tertiary/aromatic N) is 2. The Morgan fingerprint density at radius 3 is 2.91 bits per heavy atom. The molecule has 3 nitrogen and oxygen atoms in total. The lowest BCUT2D eigenvalue weighted by molar-refractivity contribution is 0.150. The van der Waals surface area contributed by atoms with Gasteiger partial charge in [-0.2, -0.15) is 0 Å². The van der Waals surface area contributed by atoms with Gasteiger partial charge in [0.05, 0.1) is 6.61 Å². The van der Waals surface area contributed by atoms with E-state index < -0.39 is 0 Å². The van der Waals surface area contributed by atoms with Crippen LogP contribution in [0, 0.1) is 0 Å². The van der Waals surface area contributed by atoms with Gasteiger partial charge < -0.3 is 4.74 Å². The summed E-state index contributed by atoms with van der Waals surface area (Å²) in [5.74, 6) is 0. The summed E-state index contributed by atoms with van der Waals surface area (Å²) in [7, 11) is 0. The van der Waals surface area contributed by atoms with Gasteiger partial charge in [-0.1, -0.05) is 11.3 Å². The summed E-state index contributed by atoms with van der Waals surface area (Å²) in [5, 5.41) is 8.45. The van der Waals surface area contributed by atoms with Gasteiger partial charge in [-0.15, -0.1) is 10.2 Å². The van der Waals surface area contributed by atoms with Gasteiger partial charge in [0.15, 0.2) is 0 Å². The molecule has 0 unspecified atom stereocenters. The largest absolute Gasteiger partial charge is 0.381 e. The van der Waals surface area contributed by atoms with Crippen molar-refractivity contribution in [2.75, 3.05) is 13.2 Å². The summed E-state index contributed by atoms with van der Waals surface area (Å²) in [6, 6.07) is 0. The van der Waals surface area contributed by atoms with E-state index >= 15 is 0 Å². The predicted molar refractivity (Wildman–Crippen MR) is 45.1 cm³/mol. The molecule has 62 valence electrons. The molecule has 0 aliphatic heterocycles. The quantitative estimate of drug-likeness (QED) is 0.683. The Morgan fingerprint density at radius 1 is 1.55 bits per heavy atom. The average Bonchev–Trinajstić information content (AvgIpc) is 2.37. The molecule has 1 aromatic rings. The topological polar surface area (TPSA) is 35.0 Å². The van der Waals surface area contributed by atoms with Crippen LogP contribution in [0.4, 0.5) is 0 Å². The van der Waals surface area contributed by atoms with E-state index in [1.54, 1.807) is 0 Å². The molecule has 0 saturated heterocycles. The fraction of sp³-hybridized carbons (Fsp3) is 0.667. The van der Waals surface area contributed by atoms with E-state index in [4.69, 9.17) is 16.3 Å². The SMILES string of the molecule is CCOCCc1nnc(Cl)s1. The van der Waals surface area contributed by atoms with E-state index in [0.29, 0.717) is 11.1 Å². The van der Waals surface area contributed by atoms with Crippen molar-refractivity contribution in [3.8, 4) is 0 Å². The van der Waals surface area contributed by atoms with E-state index in [1.807, 2.05) is 6.92 Å². The molecule has 0 aromatic carbocycles. The molecule has 1 rings (SSSR count). The van der Waals surface area contributed by atoms with Gasteiger partial charge in [0, 0.05) is 13.0 Å². The Bertz CT molecular complexity index is 216. The molecular formula is C6H9ClN2OS. The highest BCUT2D eigenvalue weighted by atomic mass is 35.5. The summed E-state index contributed by atoms with van der Waals surface area (Å²) in [6.45, 7) is 3.40. The summed E-state index contributed by atoms with van der Waals surface area (Å²) < 4.78 is 5.64. The van der Waals surface area contributed by atoms with Gasteiger partial charge in [0.1, 0.15) is 5.01 Å². The first kappa shape index (κ1) is 8.90. The van der Waals surface area contributed by atoms with Gasteiger partial charge >= 0.3 is 0 Å². The number of halogens is 1. The molecule has 0 radical (unpaired) electrons. The third-order valence-corrected chi connectivity index (χ3v) is 2.19. The third kappa shape index (κ3) is 3.14. The Kier molecular flexibility index (Phi) is 3.76. The number of hydrogen-bond acceptors (Lipinski definition) is 4. The summed E-state index contributed by atoms with van der Waals surface area (Å²) in [6.07, 6.45) is 0.804. The fourth-order valence-electron chi connectivity index (χ4n) is 0.638. The highest BCUT2D eigenvalue weighted by Crippen LogP contribution is 2.14. The van der Waals surface area contributed by atoms with Crippen molar-refractivity contribution in [2.45, 2.75) is 13.3 Å². The molecule has 0 N–H and O–H groups in total. The zero-order chi connectivity index (χ0) is 8.10. The minimum absolute atomic E-state index is 0.497. The van der Waals surface area contributed by atoms with Crippen LogP contribution >= 0.6 is 22.9 Å². The molecule has 0 aliphatic rings. The van der Waals surface area contributed by atoms with Gasteiger partial charge in [0.25, 0.3) is 0 Å². The van der Waals surface area contributed by atoms with Gasteiger partial charge in [-0.3, -0.25) is 0 Å². The molecule has 0 amide bonds. The van der Waals surface area contributed by atoms with Crippen LogP contribution in [-0.2, 0) is 11.2 Å². The van der Waals surface area contributed by atoms with Gasteiger partial charge in [0.2, 0.25) is 4.47 Å². The van der Waals surface area contributed by atoms with Crippen LogP contribution in [0.1, 0.15) is 11.9 Å². The van der Waals surface area contributed by atoms with Crippen LogP contribution in [0.15, 0.2) is 0 Å². The second kappa shape index (κ2) is 4.64. The maximum absolute atomic E-state index is 5.58. The molecule has 5 heteroatoms. The lowest BCUT2D eigenvalue weighted by Gasteiger charge is -1.95. The normalized spacial score (nSPS) is 10.4. The summed E-state index contributed by atoms with van der Waals surface area (Å²) in [5.41, 5.74) is 0. The highest BCUT2D eigenvalue weighted by Gasteiger charge is 1.99. The van der Waals surface area contributed by atoms with Crippen molar-refractivity contribution in [1.82, 2.24) is 10.2 Å². The minimum atomic E-state index is 0.497. The Labute approximate surface area is 74.4 Å². The monoisotopic (exact) mass is 192 g/mol. The molecule has 0 fully saturated rings. The van der Waals surface area contributed by atoms with E-state index in [-0.39, 0.29) is 0 Å². The van der Waals surface area contributed by atoms with E-state index in [9.17, 15) is 0 Å². The number of rotatable bonds is 4. The van der Waals surface area contributed by atoms with E-state index in [2.05, 4.69) is 10.2 Å². The van der Waals surface area contributed by atoms with Crippen LogP contribution in [0.25, 0.3) is 0 Å². The summed E-state index contributed by atoms with van der Waals surface area (Å²) >= 11 is 6.98. The zero-order valence-corrected chi connectivity index (χ0v) is 7.78. The Balaban J connectivity index is 2.27. The van der Waals surface area contributed by atoms with Crippen molar-refractivity contribution in [3.63, 3.8) is 0 Å². The maximum atomic E-state index is 5.58. The smallest absolute Gasteiger partial charge is 0.207 e. The Morgan fingerprint density at radius 2 is 2.36 bits per heavy atom. The third-order valence-electron chi connectivity index (χ3n) is 1.11. The molecular weight excluding hydrogens is 184 g/mol. The first-order chi connectivity index (χ1) is 5.33. The average molecular weight is 193 g/mol. The van der Waals surface area contributed by atoms with Crippen molar-refractivity contribution in [1.29, 1.82) is 0 Å². The van der Waals surface area contributed by atoms with Crippen LogP contribution in [0.3, 0.4) is 0 Å². The molecule has 0 spiro atoms. The maximum Gasteiger partial charge on any atom is 0.207 e. The van der Waals surface area contributed by atoms with Crippen molar-refractivity contribution < 1.29 is 4.74 Å². The number of aromatic nitrogens is 2. The second-order valence-electron chi connectivity index (χ2n) is 1.90. The van der Waals surface area contributed by atoms with Crippen molar-refractivity contribution >= 4 is 22.9 Å². The second-order valence-corrected chi connectivity index (χ2v) is 3.54. The van der Waals surface area contributed by atoms with Gasteiger partial charge in [-0.25, -0.2) is 0 Å². The minimum Gasteiger partial charge on any atom is -0.381 e. The van der Waals surface area contributed by atoms with Crippen LogP contribution in [0.5, 0.6) is 0 Å². The molecule has 1 aromatic heterocycles. The number of hydrogen-bond donors (Lipinski definition) is 0. The lowest BCUT2D eigenvalue weighted by Crippen LogP contribution is -1.97. The van der Waals surface area contributed by atoms with E-state index in [0.717, 1.165) is 18.0 Å². The first-order valence-corrected chi connectivity index (χ1v) is 4.58. The van der Waals surface area contributed by atoms with Crippen LogP contribution in [-0.4, -0.2) is 23.4 Å². The van der Waals surface area contributed by atoms with Crippen LogP contribution in [0.2, 0.25) is 4.47 Å². The summed E-state index contributed by atoms with van der Waals surface area (Å²) in [4.78, 5) is 0. The molecule has 1 heterocycles. The molecule has 0 bridgehead atoms. The van der Waals surface area contributed by atoms with Gasteiger partial charge in [-0.05, 0) is 18.5 Å². The highest BCUT2D eigenvalue weighted by molar-refractivity contribution is 7.15. The predicted octanol–water partition coefficient (Wildman–Crippen LogP) is 1.77. The molecule has 0 atom stereocenters. The first-order valence-electron chi connectivity index (χ1n) is 3.38. The van der Waals surface area contributed by atoms with Crippen molar-refractivity contribution in [2.24, 2.45) is 0 Å². The number of ether oxygens (including phenoxy) is 1. The molecule has 0 aliphatic carbocycles. The molecule has 11 heavy (non-hydrogen) atoms. The Hall–Kier alpha value is -0.190. The van der Waals surface area contributed by atoms with Crippen molar-refractivity contribution in [3.05, 3.63) is 9.47 Å². The lowest BCUT2D eigenvalue weighted by atomic mass is 10.5. The van der Waals surface area contributed by atoms with E-state index in [1.165, 1.54) is 11.3 Å². The fourth-order valence-corrected chi connectivity index (χ4v) is 1.49. The molecule has 0 saturated carbocycles.